The van der Waals surface area contributed by atoms with Gasteiger partial charge in [-0.25, -0.2) is 14.4 Å². The molecule has 2 heterocycles. The number of hydrogen-bond donors (Lipinski definition) is 2. The summed E-state index contributed by atoms with van der Waals surface area (Å²) in [6.45, 7) is 1.58. The predicted molar refractivity (Wildman–Crippen MR) is 106 cm³/mol. The highest BCUT2D eigenvalue weighted by molar-refractivity contribution is 7.18. The number of benzene rings is 1. The van der Waals surface area contributed by atoms with Crippen molar-refractivity contribution in [2.45, 2.75) is 13.0 Å². The molecule has 7 nitrogen and oxygen atoms in total. The number of primary amides is 1. The van der Waals surface area contributed by atoms with E-state index in [0.717, 1.165) is 11.3 Å². The molecule has 1 amide bonds. The molecule has 10 heteroatoms. The summed E-state index contributed by atoms with van der Waals surface area (Å²) in [5.74, 6) is -1.43. The minimum Gasteiger partial charge on any atom is -0.382 e. The van der Waals surface area contributed by atoms with Crippen LogP contribution in [0.1, 0.15) is 22.2 Å². The molecule has 0 aliphatic carbocycles. The van der Waals surface area contributed by atoms with Crippen LogP contribution in [0, 0.1) is 5.82 Å². The minimum atomic E-state index is -0.811. The molecule has 0 saturated carbocycles. The Labute approximate surface area is 168 Å². The van der Waals surface area contributed by atoms with E-state index in [-0.39, 0.29) is 26.8 Å². The van der Waals surface area contributed by atoms with Crippen LogP contribution in [0.15, 0.2) is 42.6 Å². The third-order valence-corrected chi connectivity index (χ3v) is 5.22. The van der Waals surface area contributed by atoms with Crippen molar-refractivity contribution in [3.8, 4) is 0 Å². The van der Waals surface area contributed by atoms with E-state index >= 15 is 0 Å². The van der Waals surface area contributed by atoms with Gasteiger partial charge in [0.15, 0.2) is 5.13 Å². The Balaban J connectivity index is 2.05. The zero-order valence-corrected chi connectivity index (χ0v) is 16.2. The zero-order valence-electron chi connectivity index (χ0n) is 14.6. The molecule has 0 radical (unpaired) electrons. The fourth-order valence-electron chi connectivity index (χ4n) is 2.49. The summed E-state index contributed by atoms with van der Waals surface area (Å²) in [6.07, 6.45) is 1.41. The lowest BCUT2D eigenvalue weighted by molar-refractivity contribution is -0.118. The third-order valence-electron chi connectivity index (χ3n) is 3.95. The molecule has 0 aliphatic heterocycles. The number of carbonyl (C=O) groups excluding carboxylic acids is 2. The van der Waals surface area contributed by atoms with Crippen LogP contribution in [-0.2, 0) is 4.79 Å². The first-order chi connectivity index (χ1) is 13.3. The number of nitrogens with two attached hydrogens (primary N) is 2. The van der Waals surface area contributed by atoms with Gasteiger partial charge in [0.25, 0.3) is 0 Å². The lowest BCUT2D eigenvalue weighted by Crippen LogP contribution is -2.39. The Morgan fingerprint density at radius 3 is 2.54 bits per heavy atom. The third kappa shape index (κ3) is 3.95. The zero-order chi connectivity index (χ0) is 20.4. The molecular weight excluding hydrogens is 405 g/mol. The number of carbonyl (C=O) groups is 2. The van der Waals surface area contributed by atoms with Crippen LogP contribution in [0.5, 0.6) is 0 Å². The second-order valence-electron chi connectivity index (χ2n) is 5.83. The Hall–Kier alpha value is -3.04. The number of nitrogens with zero attached hydrogens (tertiary/aromatic N) is 3. The summed E-state index contributed by atoms with van der Waals surface area (Å²) in [5, 5.41) is 0.448. The largest absolute Gasteiger partial charge is 0.382 e. The highest BCUT2D eigenvalue weighted by Crippen LogP contribution is 2.36. The first-order valence-electron chi connectivity index (χ1n) is 8.04. The molecule has 4 N–H and O–H groups in total. The Bertz CT molecular complexity index is 1040. The van der Waals surface area contributed by atoms with Gasteiger partial charge in [-0.05, 0) is 43.3 Å². The monoisotopic (exact) mass is 419 g/mol. The average molecular weight is 420 g/mol. The van der Waals surface area contributed by atoms with Crippen LogP contribution in [0.25, 0.3) is 0 Å². The molecule has 144 valence electrons. The standard InChI is InChI=1S/C18H15ClFN5O2S/c1-9(17(22)27)25(12-4-2-11(20)3-5-12)18-24-16(21)15(28-18)14(26)10-6-7-23-13(19)8-10/h2-9H,21H2,1H3,(H2,22,27). The first kappa shape index (κ1) is 19.7. The maximum Gasteiger partial charge on any atom is 0.240 e. The van der Waals surface area contributed by atoms with Crippen LogP contribution in [0.4, 0.5) is 21.0 Å². The quantitative estimate of drug-likeness (QED) is 0.468. The van der Waals surface area contributed by atoms with Crippen molar-refractivity contribution in [2.24, 2.45) is 5.73 Å². The molecule has 0 spiro atoms. The molecule has 1 atom stereocenters. The number of amides is 1. The molecule has 0 bridgehead atoms. The summed E-state index contributed by atoms with van der Waals surface area (Å²) in [6, 6.07) is 7.58. The number of anilines is 3. The molecule has 28 heavy (non-hydrogen) atoms. The van der Waals surface area contributed by atoms with Crippen molar-refractivity contribution >= 4 is 51.3 Å². The number of nitrogen functional groups attached to an aromatic ring is 1. The normalized spacial score (nSPS) is 11.8. The van der Waals surface area contributed by atoms with E-state index in [0.29, 0.717) is 11.3 Å². The summed E-state index contributed by atoms with van der Waals surface area (Å²) in [4.78, 5) is 34.3. The van der Waals surface area contributed by atoms with Crippen molar-refractivity contribution < 1.29 is 14.0 Å². The smallest absolute Gasteiger partial charge is 0.240 e. The molecule has 3 aromatic rings. The number of rotatable bonds is 6. The average Bonchev–Trinajstić information content (AvgIpc) is 3.04. The molecule has 3 rings (SSSR count). The Morgan fingerprint density at radius 1 is 1.25 bits per heavy atom. The second kappa shape index (κ2) is 7.91. The van der Waals surface area contributed by atoms with Crippen LogP contribution < -0.4 is 16.4 Å². The van der Waals surface area contributed by atoms with Gasteiger partial charge < -0.3 is 16.4 Å². The number of aromatic nitrogens is 2. The Kier molecular flexibility index (Phi) is 5.57. The lowest BCUT2D eigenvalue weighted by atomic mass is 10.1. The van der Waals surface area contributed by atoms with Gasteiger partial charge in [-0.1, -0.05) is 22.9 Å². The van der Waals surface area contributed by atoms with Gasteiger partial charge in [0, 0.05) is 17.4 Å². The first-order valence-corrected chi connectivity index (χ1v) is 9.24. The molecule has 0 fully saturated rings. The minimum absolute atomic E-state index is 0.00159. The topological polar surface area (TPSA) is 115 Å². The van der Waals surface area contributed by atoms with E-state index in [2.05, 4.69) is 9.97 Å². The number of thiazole rings is 1. The SMILES string of the molecule is CC(C(N)=O)N(c1ccc(F)cc1)c1nc(N)c(C(=O)c2ccnc(Cl)c2)s1. The van der Waals surface area contributed by atoms with Crippen molar-refractivity contribution in [1.29, 1.82) is 0 Å². The maximum absolute atomic E-state index is 13.3. The van der Waals surface area contributed by atoms with E-state index < -0.39 is 17.8 Å². The van der Waals surface area contributed by atoms with Gasteiger partial charge in [-0.3, -0.25) is 9.59 Å². The van der Waals surface area contributed by atoms with Crippen molar-refractivity contribution in [3.05, 3.63) is 64.0 Å². The maximum atomic E-state index is 13.3. The van der Waals surface area contributed by atoms with Crippen LogP contribution in [0.3, 0.4) is 0 Å². The van der Waals surface area contributed by atoms with Gasteiger partial charge >= 0.3 is 0 Å². The summed E-state index contributed by atoms with van der Waals surface area (Å²) < 4.78 is 13.3. The van der Waals surface area contributed by atoms with Gasteiger partial charge in [0.05, 0.1) is 0 Å². The molecule has 1 unspecified atom stereocenters. The van der Waals surface area contributed by atoms with E-state index in [9.17, 15) is 14.0 Å². The fraction of sp³-hybridized carbons (Fsp3) is 0.111. The number of pyridine rings is 1. The van der Waals surface area contributed by atoms with E-state index in [1.54, 1.807) is 6.92 Å². The molecule has 2 aromatic heterocycles. The van der Waals surface area contributed by atoms with E-state index in [1.165, 1.54) is 47.5 Å². The lowest BCUT2D eigenvalue weighted by Gasteiger charge is -2.26. The second-order valence-corrected chi connectivity index (χ2v) is 7.20. The fourth-order valence-corrected chi connectivity index (χ4v) is 3.71. The summed E-state index contributed by atoms with van der Waals surface area (Å²) in [5.41, 5.74) is 12.2. The van der Waals surface area contributed by atoms with Crippen LogP contribution >= 0.6 is 22.9 Å². The van der Waals surface area contributed by atoms with E-state index in [4.69, 9.17) is 23.1 Å². The highest BCUT2D eigenvalue weighted by Gasteiger charge is 2.27. The number of halogens is 2. The van der Waals surface area contributed by atoms with Gasteiger partial charge in [0.1, 0.15) is 27.7 Å². The number of hydrogen-bond acceptors (Lipinski definition) is 7. The predicted octanol–water partition coefficient (Wildman–Crippen LogP) is 3.16. The van der Waals surface area contributed by atoms with Gasteiger partial charge in [0.2, 0.25) is 11.7 Å². The van der Waals surface area contributed by atoms with Crippen LogP contribution in [0.2, 0.25) is 5.15 Å². The summed E-state index contributed by atoms with van der Waals surface area (Å²) in [7, 11) is 0. The van der Waals surface area contributed by atoms with Crippen molar-refractivity contribution in [3.63, 3.8) is 0 Å². The Morgan fingerprint density at radius 2 is 1.93 bits per heavy atom. The number of ketones is 1. The summed E-state index contributed by atoms with van der Waals surface area (Å²) >= 11 is 6.84. The van der Waals surface area contributed by atoms with Gasteiger partial charge in [-0.15, -0.1) is 0 Å². The van der Waals surface area contributed by atoms with Gasteiger partial charge in [-0.2, -0.15) is 0 Å². The molecule has 1 aromatic carbocycles. The molecule has 0 saturated heterocycles. The molecule has 0 aliphatic rings. The highest BCUT2D eigenvalue weighted by atomic mass is 35.5. The van der Waals surface area contributed by atoms with Crippen LogP contribution in [-0.4, -0.2) is 27.7 Å². The van der Waals surface area contributed by atoms with Crippen molar-refractivity contribution in [1.82, 2.24) is 9.97 Å². The molecular formula is C18H15ClFN5O2S. The van der Waals surface area contributed by atoms with E-state index in [1.807, 2.05) is 0 Å². The van der Waals surface area contributed by atoms with Crippen molar-refractivity contribution in [2.75, 3.05) is 10.6 Å².